The van der Waals surface area contributed by atoms with Gasteiger partial charge in [0, 0.05) is 19.3 Å². The van der Waals surface area contributed by atoms with Crippen LogP contribution >= 0.6 is 0 Å². The van der Waals surface area contributed by atoms with Gasteiger partial charge in [0.25, 0.3) is 5.91 Å². The second-order valence-electron chi connectivity index (χ2n) is 5.03. The number of carbonyl (C=O) groups excluding carboxylic acids is 1. The molecule has 0 unspecified atom stereocenters. The quantitative estimate of drug-likeness (QED) is 0.812. The molecular weight excluding hydrogens is 246 g/mol. The molecule has 1 aliphatic carbocycles. The highest BCUT2D eigenvalue weighted by atomic mass is 16.4. The first-order chi connectivity index (χ1) is 9.08. The van der Waals surface area contributed by atoms with Crippen molar-refractivity contribution in [2.24, 2.45) is 7.05 Å². The maximum Gasteiger partial charge on any atom is 0.357 e. The molecule has 1 amide bonds. The molecule has 0 bridgehead atoms. The first kappa shape index (κ1) is 13.6. The zero-order valence-electron chi connectivity index (χ0n) is 11.1. The summed E-state index contributed by atoms with van der Waals surface area (Å²) in [4.78, 5) is 23.2. The van der Waals surface area contributed by atoms with Crippen LogP contribution in [0.5, 0.6) is 0 Å². The second kappa shape index (κ2) is 5.86. The molecular formula is C13H19N3O3. The molecule has 1 aliphatic rings. The lowest BCUT2D eigenvalue weighted by Gasteiger charge is -2.15. The van der Waals surface area contributed by atoms with Gasteiger partial charge in [0.05, 0.1) is 5.56 Å². The number of rotatable bonds is 3. The van der Waals surface area contributed by atoms with Crippen LogP contribution in [0.15, 0.2) is 6.20 Å². The molecule has 0 aromatic carbocycles. The number of hydrogen-bond acceptors (Lipinski definition) is 3. The third-order valence-electron chi connectivity index (χ3n) is 3.47. The van der Waals surface area contributed by atoms with E-state index >= 15 is 0 Å². The molecule has 1 saturated carbocycles. The average Bonchev–Trinajstić information content (AvgIpc) is 2.58. The lowest BCUT2D eigenvalue weighted by atomic mass is 10.1. The van der Waals surface area contributed by atoms with Crippen molar-refractivity contribution < 1.29 is 14.7 Å². The van der Waals surface area contributed by atoms with Crippen LogP contribution in [0.2, 0.25) is 0 Å². The lowest BCUT2D eigenvalue weighted by molar-refractivity contribution is 0.0683. The monoisotopic (exact) mass is 265 g/mol. The first-order valence-electron chi connectivity index (χ1n) is 6.65. The summed E-state index contributed by atoms with van der Waals surface area (Å²) in [7, 11) is 1.61. The van der Waals surface area contributed by atoms with Gasteiger partial charge in [-0.1, -0.05) is 25.7 Å². The van der Waals surface area contributed by atoms with E-state index in [1.807, 2.05) is 0 Å². The average molecular weight is 265 g/mol. The van der Waals surface area contributed by atoms with E-state index in [4.69, 9.17) is 5.11 Å². The number of amides is 1. The van der Waals surface area contributed by atoms with E-state index in [0.717, 1.165) is 25.7 Å². The first-order valence-corrected chi connectivity index (χ1v) is 6.65. The van der Waals surface area contributed by atoms with Crippen molar-refractivity contribution in [2.45, 2.75) is 44.6 Å². The topological polar surface area (TPSA) is 84.2 Å². The zero-order chi connectivity index (χ0) is 13.8. The van der Waals surface area contributed by atoms with Crippen molar-refractivity contribution in [3.63, 3.8) is 0 Å². The molecule has 1 heterocycles. The molecule has 6 heteroatoms. The molecule has 2 N–H and O–H groups in total. The van der Waals surface area contributed by atoms with Gasteiger partial charge in [0.2, 0.25) is 0 Å². The molecule has 0 saturated heterocycles. The SMILES string of the molecule is Cn1cc(C(=O)NC2CCCCCC2)c(C(=O)O)n1. The molecule has 0 radical (unpaired) electrons. The highest BCUT2D eigenvalue weighted by Crippen LogP contribution is 2.18. The van der Waals surface area contributed by atoms with Crippen LogP contribution in [0.4, 0.5) is 0 Å². The van der Waals surface area contributed by atoms with Crippen LogP contribution in [0, 0.1) is 0 Å². The maximum absolute atomic E-state index is 12.1. The number of carbonyl (C=O) groups is 2. The minimum atomic E-state index is -1.17. The summed E-state index contributed by atoms with van der Waals surface area (Å²) in [6, 6.07) is 0.150. The Labute approximate surface area is 111 Å². The van der Waals surface area contributed by atoms with Crippen molar-refractivity contribution in [1.82, 2.24) is 15.1 Å². The summed E-state index contributed by atoms with van der Waals surface area (Å²) < 4.78 is 1.35. The summed E-state index contributed by atoms with van der Waals surface area (Å²) >= 11 is 0. The Balaban J connectivity index is 2.08. The van der Waals surface area contributed by atoms with Gasteiger partial charge in [-0.2, -0.15) is 5.10 Å². The summed E-state index contributed by atoms with van der Waals surface area (Å²) in [6.45, 7) is 0. The van der Waals surface area contributed by atoms with E-state index in [1.54, 1.807) is 7.05 Å². The van der Waals surface area contributed by atoms with Gasteiger partial charge in [-0.15, -0.1) is 0 Å². The van der Waals surface area contributed by atoms with Gasteiger partial charge in [-0.05, 0) is 12.8 Å². The molecule has 0 aliphatic heterocycles. The third-order valence-corrected chi connectivity index (χ3v) is 3.47. The van der Waals surface area contributed by atoms with Gasteiger partial charge in [-0.3, -0.25) is 9.48 Å². The van der Waals surface area contributed by atoms with Gasteiger partial charge in [0.15, 0.2) is 5.69 Å². The maximum atomic E-state index is 12.1. The highest BCUT2D eigenvalue weighted by Gasteiger charge is 2.23. The van der Waals surface area contributed by atoms with Crippen molar-refractivity contribution >= 4 is 11.9 Å². The fraction of sp³-hybridized carbons (Fsp3) is 0.615. The van der Waals surface area contributed by atoms with Crippen molar-refractivity contribution in [1.29, 1.82) is 0 Å². The van der Waals surface area contributed by atoms with Crippen molar-refractivity contribution in [3.8, 4) is 0 Å². The Hall–Kier alpha value is -1.85. The standard InChI is InChI=1S/C13H19N3O3/c1-16-8-10(11(15-16)13(18)19)12(17)14-9-6-4-2-3-5-7-9/h8-9H,2-7H2,1H3,(H,14,17)(H,18,19). The number of carboxylic acid groups (broad SMARTS) is 1. The number of nitrogens with one attached hydrogen (secondary N) is 1. The Morgan fingerprint density at radius 1 is 1.32 bits per heavy atom. The highest BCUT2D eigenvalue weighted by molar-refractivity contribution is 6.03. The minimum Gasteiger partial charge on any atom is -0.476 e. The predicted molar refractivity (Wildman–Crippen MR) is 69.1 cm³/mol. The molecule has 1 fully saturated rings. The third kappa shape index (κ3) is 3.33. The largest absolute Gasteiger partial charge is 0.476 e. The number of carboxylic acids is 1. The van der Waals surface area contributed by atoms with Gasteiger partial charge in [-0.25, -0.2) is 4.79 Å². The van der Waals surface area contributed by atoms with Gasteiger partial charge < -0.3 is 10.4 Å². The molecule has 6 nitrogen and oxygen atoms in total. The summed E-state index contributed by atoms with van der Waals surface area (Å²) in [6.07, 6.45) is 8.03. The van der Waals surface area contributed by atoms with Crippen LogP contribution in [-0.4, -0.2) is 32.8 Å². The van der Waals surface area contributed by atoms with Crippen LogP contribution < -0.4 is 5.32 Å². The van der Waals surface area contributed by atoms with Crippen LogP contribution in [0.3, 0.4) is 0 Å². The van der Waals surface area contributed by atoms with E-state index in [-0.39, 0.29) is 23.2 Å². The molecule has 1 aromatic heterocycles. The van der Waals surface area contributed by atoms with Crippen LogP contribution in [0.25, 0.3) is 0 Å². The zero-order valence-corrected chi connectivity index (χ0v) is 11.1. The summed E-state index contributed by atoms with van der Waals surface area (Å²) in [5.74, 6) is -1.51. The Morgan fingerprint density at radius 2 is 1.95 bits per heavy atom. The molecule has 0 spiro atoms. The Bertz CT molecular complexity index is 473. The molecule has 1 aromatic rings. The van der Waals surface area contributed by atoms with Crippen molar-refractivity contribution in [3.05, 3.63) is 17.5 Å². The summed E-state index contributed by atoms with van der Waals surface area (Å²) in [5, 5.41) is 15.8. The van der Waals surface area contributed by atoms with Gasteiger partial charge in [0.1, 0.15) is 0 Å². The minimum absolute atomic E-state index is 0.138. The number of aromatic nitrogens is 2. The smallest absolute Gasteiger partial charge is 0.357 e. The van der Waals surface area contributed by atoms with E-state index in [0.29, 0.717) is 0 Å². The number of aromatic carboxylic acids is 1. The van der Waals surface area contributed by atoms with Crippen LogP contribution in [0.1, 0.15) is 59.4 Å². The number of nitrogens with zero attached hydrogens (tertiary/aromatic N) is 2. The van der Waals surface area contributed by atoms with E-state index in [9.17, 15) is 9.59 Å². The lowest BCUT2D eigenvalue weighted by Crippen LogP contribution is -2.35. The number of hydrogen-bond donors (Lipinski definition) is 2. The van der Waals surface area contributed by atoms with E-state index in [2.05, 4.69) is 10.4 Å². The molecule has 0 atom stereocenters. The number of aryl methyl sites for hydroxylation is 1. The normalized spacial score (nSPS) is 16.9. The second-order valence-corrected chi connectivity index (χ2v) is 5.03. The Morgan fingerprint density at radius 3 is 2.53 bits per heavy atom. The molecule has 19 heavy (non-hydrogen) atoms. The van der Waals surface area contributed by atoms with E-state index in [1.165, 1.54) is 23.7 Å². The van der Waals surface area contributed by atoms with Crippen LogP contribution in [-0.2, 0) is 7.05 Å². The van der Waals surface area contributed by atoms with Crippen molar-refractivity contribution in [2.75, 3.05) is 0 Å². The van der Waals surface area contributed by atoms with E-state index < -0.39 is 5.97 Å². The fourth-order valence-corrected chi connectivity index (χ4v) is 2.50. The fourth-order valence-electron chi connectivity index (χ4n) is 2.50. The summed E-state index contributed by atoms with van der Waals surface area (Å²) in [5.41, 5.74) is -0.0483. The van der Waals surface area contributed by atoms with Gasteiger partial charge >= 0.3 is 5.97 Å². The molecule has 104 valence electrons. The predicted octanol–water partition coefficient (Wildman–Crippen LogP) is 1.57. The molecule has 2 rings (SSSR count). The Kier molecular flexibility index (Phi) is 4.19.